The Hall–Kier alpha value is -2.22. The number of nitrogens with one attached hydrogen (secondary N) is 1. The molecule has 0 saturated heterocycles. The van der Waals surface area contributed by atoms with Gasteiger partial charge in [-0.2, -0.15) is 5.10 Å². The molecule has 2 saturated carbocycles. The van der Waals surface area contributed by atoms with Gasteiger partial charge < -0.3 is 10.4 Å². The molecule has 2 N–H and O–H groups in total. The summed E-state index contributed by atoms with van der Waals surface area (Å²) in [7, 11) is 3.40. The van der Waals surface area contributed by atoms with Crippen molar-refractivity contribution in [3.8, 4) is 0 Å². The van der Waals surface area contributed by atoms with E-state index in [2.05, 4.69) is 20.4 Å². The molecular weight excluding hydrogens is 332 g/mol. The highest BCUT2D eigenvalue weighted by Crippen LogP contribution is 2.39. The van der Waals surface area contributed by atoms with E-state index in [0.717, 1.165) is 29.6 Å². The Labute approximate surface area is 152 Å². The van der Waals surface area contributed by atoms with E-state index in [4.69, 9.17) is 0 Å². The number of aliphatic hydroxyl groups is 1. The molecule has 2 aromatic rings. The summed E-state index contributed by atoms with van der Waals surface area (Å²) in [5.74, 6) is 3.25. The van der Waals surface area contributed by atoms with Crippen molar-refractivity contribution in [2.45, 2.75) is 50.5 Å². The second-order valence-electron chi connectivity index (χ2n) is 7.73. The molecule has 140 valence electrons. The molecular formula is C18H26N6O2. The SMILES string of the molecule is Cc1cc(NC[C@H]2C[C@H](c3nn(C)c(=O)n3C)C[C@H]2O)nc(C2CC2)n1. The van der Waals surface area contributed by atoms with Crippen molar-refractivity contribution < 1.29 is 5.11 Å². The van der Waals surface area contributed by atoms with Crippen molar-refractivity contribution in [3.63, 3.8) is 0 Å². The van der Waals surface area contributed by atoms with Crippen molar-refractivity contribution in [3.05, 3.63) is 33.9 Å². The number of nitrogens with zero attached hydrogens (tertiary/aromatic N) is 5. The number of anilines is 1. The van der Waals surface area contributed by atoms with Crippen LogP contribution in [0.15, 0.2) is 10.9 Å². The molecule has 2 aromatic heterocycles. The van der Waals surface area contributed by atoms with Crippen LogP contribution in [-0.2, 0) is 14.1 Å². The molecule has 2 heterocycles. The van der Waals surface area contributed by atoms with E-state index < -0.39 is 6.10 Å². The summed E-state index contributed by atoms with van der Waals surface area (Å²) in [4.78, 5) is 21.1. The zero-order valence-electron chi connectivity index (χ0n) is 15.5. The molecule has 2 fully saturated rings. The van der Waals surface area contributed by atoms with E-state index in [-0.39, 0.29) is 17.5 Å². The maximum atomic E-state index is 11.9. The summed E-state index contributed by atoms with van der Waals surface area (Å²) < 4.78 is 2.94. The molecule has 2 aliphatic rings. The van der Waals surface area contributed by atoms with Gasteiger partial charge in [-0.05, 0) is 32.6 Å². The van der Waals surface area contributed by atoms with Gasteiger partial charge in [-0.25, -0.2) is 19.4 Å². The standard InChI is InChI=1S/C18H26N6O2/c1-10-6-15(21-16(20-10)11-4-5-11)19-9-13-7-12(8-14(13)25)17-22-24(3)18(26)23(17)2/h6,11-14,25H,4-5,7-9H2,1-3H3,(H,19,20,21)/t12-,13+,14+/m0/s1. The fourth-order valence-electron chi connectivity index (χ4n) is 3.91. The minimum absolute atomic E-state index is 0.102. The lowest BCUT2D eigenvalue weighted by atomic mass is 10.0. The smallest absolute Gasteiger partial charge is 0.345 e. The predicted octanol–water partition coefficient (Wildman–Crippen LogP) is 1.06. The maximum absolute atomic E-state index is 11.9. The average Bonchev–Trinajstić information content (AvgIpc) is 3.34. The maximum Gasteiger partial charge on any atom is 0.345 e. The van der Waals surface area contributed by atoms with E-state index in [0.29, 0.717) is 18.9 Å². The summed E-state index contributed by atoms with van der Waals surface area (Å²) in [5, 5.41) is 18.2. The monoisotopic (exact) mass is 358 g/mol. The summed E-state index contributed by atoms with van der Waals surface area (Å²) in [6, 6.07) is 1.95. The van der Waals surface area contributed by atoms with Gasteiger partial charge in [0.05, 0.1) is 6.10 Å². The minimum Gasteiger partial charge on any atom is -0.393 e. The molecule has 26 heavy (non-hydrogen) atoms. The first-order chi connectivity index (χ1) is 12.4. The zero-order chi connectivity index (χ0) is 18.4. The van der Waals surface area contributed by atoms with Crippen LogP contribution < -0.4 is 11.0 Å². The normalized spacial score (nSPS) is 25.6. The summed E-state index contributed by atoms with van der Waals surface area (Å²) in [5.41, 5.74) is 0.845. The number of hydrogen-bond donors (Lipinski definition) is 2. The lowest BCUT2D eigenvalue weighted by Crippen LogP contribution is -2.22. The first kappa shape index (κ1) is 17.2. The Kier molecular flexibility index (Phi) is 4.30. The van der Waals surface area contributed by atoms with Crippen molar-refractivity contribution >= 4 is 5.82 Å². The van der Waals surface area contributed by atoms with Crippen LogP contribution in [0.1, 0.15) is 54.9 Å². The second-order valence-corrected chi connectivity index (χ2v) is 7.73. The third-order valence-electron chi connectivity index (χ3n) is 5.54. The number of aliphatic hydroxyl groups excluding tert-OH is 1. The summed E-state index contributed by atoms with van der Waals surface area (Å²) in [6.07, 6.45) is 3.38. The van der Waals surface area contributed by atoms with Crippen LogP contribution >= 0.6 is 0 Å². The van der Waals surface area contributed by atoms with Crippen molar-refractivity contribution in [1.29, 1.82) is 0 Å². The van der Waals surface area contributed by atoms with Crippen molar-refractivity contribution in [2.75, 3.05) is 11.9 Å². The molecule has 0 aliphatic heterocycles. The van der Waals surface area contributed by atoms with Crippen LogP contribution in [0.5, 0.6) is 0 Å². The molecule has 0 amide bonds. The Bertz CT molecular complexity index is 869. The van der Waals surface area contributed by atoms with Crippen molar-refractivity contribution in [2.24, 2.45) is 20.0 Å². The van der Waals surface area contributed by atoms with E-state index in [1.165, 1.54) is 17.5 Å². The Morgan fingerprint density at radius 3 is 2.65 bits per heavy atom. The van der Waals surface area contributed by atoms with Gasteiger partial charge in [0.25, 0.3) is 0 Å². The quantitative estimate of drug-likeness (QED) is 0.829. The molecule has 0 spiro atoms. The van der Waals surface area contributed by atoms with E-state index in [1.54, 1.807) is 18.7 Å². The largest absolute Gasteiger partial charge is 0.393 e. The zero-order valence-corrected chi connectivity index (χ0v) is 15.5. The molecule has 2 aliphatic carbocycles. The van der Waals surface area contributed by atoms with E-state index in [1.807, 2.05) is 13.0 Å². The third kappa shape index (κ3) is 3.25. The molecule has 4 rings (SSSR count). The first-order valence-electron chi connectivity index (χ1n) is 9.29. The average molecular weight is 358 g/mol. The van der Waals surface area contributed by atoms with Crippen LogP contribution in [0.4, 0.5) is 5.82 Å². The summed E-state index contributed by atoms with van der Waals surface area (Å²) in [6.45, 7) is 2.64. The van der Waals surface area contributed by atoms with Gasteiger partial charge in [0, 0.05) is 50.2 Å². The molecule has 0 radical (unpaired) electrons. The highest BCUT2D eigenvalue weighted by Gasteiger charge is 2.36. The number of rotatable bonds is 5. The number of aryl methyl sites for hydroxylation is 2. The Balaban J connectivity index is 1.43. The van der Waals surface area contributed by atoms with Gasteiger partial charge in [-0.15, -0.1) is 0 Å². The molecule has 8 heteroatoms. The van der Waals surface area contributed by atoms with Crippen LogP contribution in [0.25, 0.3) is 0 Å². The van der Waals surface area contributed by atoms with Gasteiger partial charge in [0.1, 0.15) is 17.5 Å². The van der Waals surface area contributed by atoms with Gasteiger partial charge in [-0.3, -0.25) is 4.57 Å². The molecule has 3 atom stereocenters. The fraction of sp³-hybridized carbons (Fsp3) is 0.667. The lowest BCUT2D eigenvalue weighted by Gasteiger charge is -2.16. The minimum atomic E-state index is -0.407. The second kappa shape index (κ2) is 6.50. The molecule has 0 aromatic carbocycles. The predicted molar refractivity (Wildman–Crippen MR) is 97.2 cm³/mol. The van der Waals surface area contributed by atoms with Gasteiger partial charge in [0.15, 0.2) is 0 Å². The topological polar surface area (TPSA) is 97.9 Å². The molecule has 0 bridgehead atoms. The highest BCUT2D eigenvalue weighted by atomic mass is 16.3. The number of aromatic nitrogens is 5. The third-order valence-corrected chi connectivity index (χ3v) is 5.54. The lowest BCUT2D eigenvalue weighted by molar-refractivity contribution is 0.137. The molecule has 8 nitrogen and oxygen atoms in total. The fourth-order valence-corrected chi connectivity index (χ4v) is 3.91. The molecule has 0 unspecified atom stereocenters. The Morgan fingerprint density at radius 2 is 2.00 bits per heavy atom. The first-order valence-corrected chi connectivity index (χ1v) is 9.29. The van der Waals surface area contributed by atoms with Crippen LogP contribution in [0.2, 0.25) is 0 Å². The summed E-state index contributed by atoms with van der Waals surface area (Å²) >= 11 is 0. The van der Waals surface area contributed by atoms with E-state index >= 15 is 0 Å². The van der Waals surface area contributed by atoms with Gasteiger partial charge >= 0.3 is 5.69 Å². The van der Waals surface area contributed by atoms with Gasteiger partial charge in [0.2, 0.25) is 0 Å². The van der Waals surface area contributed by atoms with Gasteiger partial charge in [-0.1, -0.05) is 0 Å². The van der Waals surface area contributed by atoms with E-state index in [9.17, 15) is 9.90 Å². The van der Waals surface area contributed by atoms with Crippen LogP contribution in [-0.4, -0.2) is 42.1 Å². The Morgan fingerprint density at radius 1 is 1.23 bits per heavy atom. The highest BCUT2D eigenvalue weighted by molar-refractivity contribution is 5.37. The van der Waals surface area contributed by atoms with Crippen molar-refractivity contribution in [1.82, 2.24) is 24.3 Å². The van der Waals surface area contributed by atoms with Crippen LogP contribution in [0.3, 0.4) is 0 Å². The number of hydrogen-bond acceptors (Lipinski definition) is 6. The van der Waals surface area contributed by atoms with Crippen LogP contribution in [0, 0.1) is 12.8 Å².